The van der Waals surface area contributed by atoms with Crippen LogP contribution in [-0.2, 0) is 17.8 Å². The van der Waals surface area contributed by atoms with E-state index in [9.17, 15) is 4.79 Å². The summed E-state index contributed by atoms with van der Waals surface area (Å²) in [6.45, 7) is 10.4. The maximum atomic E-state index is 11.9. The average Bonchev–Trinajstić information content (AvgIpc) is 3.11. The van der Waals surface area contributed by atoms with Gasteiger partial charge in [-0.05, 0) is 48.6 Å². The van der Waals surface area contributed by atoms with Crippen LogP contribution in [0.4, 0.5) is 0 Å². The van der Waals surface area contributed by atoms with Gasteiger partial charge in [0.05, 0.1) is 17.6 Å². The van der Waals surface area contributed by atoms with Crippen LogP contribution < -0.4 is 10.1 Å². The predicted molar refractivity (Wildman–Crippen MR) is 127 cm³/mol. The van der Waals surface area contributed by atoms with Gasteiger partial charge in [-0.25, -0.2) is 4.98 Å². The molecule has 0 aliphatic rings. The van der Waals surface area contributed by atoms with Gasteiger partial charge in [-0.15, -0.1) is 0 Å². The molecule has 0 atom stereocenters. The second-order valence-electron chi connectivity index (χ2n) is 8.64. The molecular weight excluding hydrogens is 386 g/mol. The van der Waals surface area contributed by atoms with Gasteiger partial charge in [0.25, 0.3) is 0 Å². The van der Waals surface area contributed by atoms with Crippen LogP contribution in [0.3, 0.4) is 0 Å². The maximum Gasteiger partial charge on any atom is 0.222 e. The Morgan fingerprint density at radius 3 is 2.48 bits per heavy atom. The molecule has 1 aromatic heterocycles. The molecule has 0 unspecified atom stereocenters. The Hall–Kier alpha value is -2.82. The van der Waals surface area contributed by atoms with Crippen LogP contribution in [0.25, 0.3) is 11.0 Å². The fourth-order valence-corrected chi connectivity index (χ4v) is 3.58. The van der Waals surface area contributed by atoms with Gasteiger partial charge in [-0.3, -0.25) is 4.79 Å². The Balaban J connectivity index is 1.53. The number of ether oxygens (including phenoxy) is 1. The highest BCUT2D eigenvalue weighted by atomic mass is 16.5. The predicted octanol–water partition coefficient (Wildman–Crippen LogP) is 5.33. The number of unbranched alkanes of at least 4 members (excludes halogenated alkanes) is 1. The minimum absolute atomic E-state index is 0.000364. The molecule has 0 aliphatic carbocycles. The quantitative estimate of drug-likeness (QED) is 0.426. The number of hydrogen-bond acceptors (Lipinski definition) is 3. The Morgan fingerprint density at radius 2 is 1.77 bits per heavy atom. The molecule has 0 bridgehead atoms. The minimum atomic E-state index is 0.000364. The number of nitrogens with one attached hydrogen (secondary N) is 1. The molecule has 1 N–H and O–H groups in total. The van der Waals surface area contributed by atoms with E-state index in [4.69, 9.17) is 9.72 Å². The van der Waals surface area contributed by atoms with Crippen LogP contribution in [0.15, 0.2) is 48.5 Å². The number of rotatable bonds is 11. The number of hydrogen-bond donors (Lipinski definition) is 1. The van der Waals surface area contributed by atoms with Crippen molar-refractivity contribution in [3.05, 3.63) is 59.9 Å². The lowest BCUT2D eigenvalue weighted by Gasteiger charge is -2.12. The number of aromatic nitrogens is 2. The second-order valence-corrected chi connectivity index (χ2v) is 8.64. The first-order valence-corrected chi connectivity index (χ1v) is 11.4. The standard InChI is InChI=1S/C26H35N3O2/c1-19(2)21-11-13-22(14-12-21)31-18-8-7-17-29-24-10-6-5-9-23(24)28-25(29)15-16-27-26(30)20(3)4/h5-6,9-14,19-20H,7-8,15-18H2,1-4H3,(H,27,30). The van der Waals surface area contributed by atoms with Crippen molar-refractivity contribution in [3.63, 3.8) is 0 Å². The van der Waals surface area contributed by atoms with E-state index >= 15 is 0 Å². The fourth-order valence-electron chi connectivity index (χ4n) is 3.58. The average molecular weight is 422 g/mol. The molecule has 31 heavy (non-hydrogen) atoms. The zero-order chi connectivity index (χ0) is 22.2. The van der Waals surface area contributed by atoms with E-state index in [0.29, 0.717) is 19.1 Å². The van der Waals surface area contributed by atoms with Gasteiger partial charge in [-0.1, -0.05) is 52.0 Å². The van der Waals surface area contributed by atoms with Gasteiger partial charge in [-0.2, -0.15) is 0 Å². The van der Waals surface area contributed by atoms with Crippen LogP contribution in [0.1, 0.15) is 57.8 Å². The van der Waals surface area contributed by atoms with Gasteiger partial charge < -0.3 is 14.6 Å². The van der Waals surface area contributed by atoms with Crippen LogP contribution >= 0.6 is 0 Å². The first-order valence-electron chi connectivity index (χ1n) is 11.4. The summed E-state index contributed by atoms with van der Waals surface area (Å²) >= 11 is 0. The number of nitrogens with zero attached hydrogens (tertiary/aromatic N) is 2. The number of fused-ring (bicyclic) bond motifs is 1. The van der Waals surface area contributed by atoms with Crippen molar-refractivity contribution in [1.29, 1.82) is 0 Å². The van der Waals surface area contributed by atoms with Crippen LogP contribution in [0.2, 0.25) is 0 Å². The van der Waals surface area contributed by atoms with Crippen LogP contribution in [0.5, 0.6) is 5.75 Å². The van der Waals surface area contributed by atoms with Crippen molar-refractivity contribution in [2.45, 2.75) is 59.4 Å². The summed E-state index contributed by atoms with van der Waals surface area (Å²) in [5, 5.41) is 3.00. The highest BCUT2D eigenvalue weighted by Crippen LogP contribution is 2.20. The van der Waals surface area contributed by atoms with Crippen molar-refractivity contribution in [2.24, 2.45) is 5.92 Å². The number of carbonyl (C=O) groups is 1. The molecule has 3 rings (SSSR count). The molecule has 0 radical (unpaired) electrons. The molecule has 3 aromatic rings. The van der Waals surface area contributed by atoms with E-state index in [1.54, 1.807) is 0 Å². The highest BCUT2D eigenvalue weighted by Gasteiger charge is 2.12. The Labute approximate surface area is 185 Å². The van der Waals surface area contributed by atoms with E-state index < -0.39 is 0 Å². The lowest BCUT2D eigenvalue weighted by atomic mass is 10.0. The first kappa shape index (κ1) is 22.9. The second kappa shape index (κ2) is 11.0. The molecular formula is C26H35N3O2. The van der Waals surface area contributed by atoms with Gasteiger partial charge in [0.1, 0.15) is 11.6 Å². The SMILES string of the molecule is CC(C)C(=O)NCCc1nc2ccccc2n1CCCCOc1ccc(C(C)C)cc1. The third-order valence-electron chi connectivity index (χ3n) is 5.50. The molecule has 5 heteroatoms. The summed E-state index contributed by atoms with van der Waals surface area (Å²) in [6, 6.07) is 16.6. The molecule has 0 saturated carbocycles. The lowest BCUT2D eigenvalue weighted by molar-refractivity contribution is -0.123. The van der Waals surface area contributed by atoms with E-state index in [-0.39, 0.29) is 11.8 Å². The summed E-state index contributed by atoms with van der Waals surface area (Å²) in [5.74, 6) is 2.57. The monoisotopic (exact) mass is 421 g/mol. The molecule has 5 nitrogen and oxygen atoms in total. The normalized spacial score (nSPS) is 11.4. The van der Waals surface area contributed by atoms with Gasteiger partial charge >= 0.3 is 0 Å². The number of imidazole rings is 1. The van der Waals surface area contributed by atoms with Crippen LogP contribution in [-0.4, -0.2) is 28.6 Å². The van der Waals surface area contributed by atoms with Crippen molar-refractivity contribution in [2.75, 3.05) is 13.2 Å². The van der Waals surface area contributed by atoms with Crippen molar-refractivity contribution in [1.82, 2.24) is 14.9 Å². The summed E-state index contributed by atoms with van der Waals surface area (Å²) in [6.07, 6.45) is 2.71. The summed E-state index contributed by atoms with van der Waals surface area (Å²) in [7, 11) is 0. The van der Waals surface area contributed by atoms with E-state index in [2.05, 4.69) is 60.1 Å². The Morgan fingerprint density at radius 1 is 1.03 bits per heavy atom. The molecule has 2 aromatic carbocycles. The Bertz CT molecular complexity index is 974. The van der Waals surface area contributed by atoms with E-state index in [0.717, 1.165) is 48.4 Å². The summed E-state index contributed by atoms with van der Waals surface area (Å²) in [4.78, 5) is 16.7. The Kier molecular flexibility index (Phi) is 8.10. The third kappa shape index (κ3) is 6.33. The zero-order valence-corrected chi connectivity index (χ0v) is 19.2. The fraction of sp³-hybridized carbons (Fsp3) is 0.462. The number of amides is 1. The minimum Gasteiger partial charge on any atom is -0.494 e. The molecule has 0 aliphatic heterocycles. The first-order chi connectivity index (χ1) is 15.0. The number of carbonyl (C=O) groups excluding carboxylic acids is 1. The zero-order valence-electron chi connectivity index (χ0n) is 19.2. The molecule has 1 heterocycles. The topological polar surface area (TPSA) is 56.2 Å². The van der Waals surface area contributed by atoms with Crippen molar-refractivity contribution >= 4 is 16.9 Å². The summed E-state index contributed by atoms with van der Waals surface area (Å²) < 4.78 is 8.21. The highest BCUT2D eigenvalue weighted by molar-refractivity contribution is 5.78. The van der Waals surface area contributed by atoms with Gasteiger partial charge in [0, 0.05) is 25.4 Å². The molecule has 0 spiro atoms. The largest absolute Gasteiger partial charge is 0.494 e. The molecule has 0 saturated heterocycles. The van der Waals surface area contributed by atoms with Gasteiger partial charge in [0.2, 0.25) is 5.91 Å². The smallest absolute Gasteiger partial charge is 0.222 e. The van der Waals surface area contributed by atoms with Crippen molar-refractivity contribution < 1.29 is 9.53 Å². The van der Waals surface area contributed by atoms with E-state index in [1.807, 2.05) is 26.0 Å². The number of aryl methyl sites for hydroxylation is 1. The number of benzene rings is 2. The van der Waals surface area contributed by atoms with E-state index in [1.165, 1.54) is 5.56 Å². The van der Waals surface area contributed by atoms with Gasteiger partial charge in [0.15, 0.2) is 0 Å². The molecule has 0 fully saturated rings. The summed E-state index contributed by atoms with van der Waals surface area (Å²) in [5.41, 5.74) is 3.49. The maximum absolute atomic E-state index is 11.9. The third-order valence-corrected chi connectivity index (χ3v) is 5.50. The molecule has 166 valence electrons. The molecule has 1 amide bonds. The van der Waals surface area contributed by atoms with Crippen LogP contribution in [0, 0.1) is 5.92 Å². The number of para-hydroxylation sites is 2. The lowest BCUT2D eigenvalue weighted by Crippen LogP contribution is -2.30. The van der Waals surface area contributed by atoms with Crippen molar-refractivity contribution in [3.8, 4) is 5.75 Å².